The molecule has 0 aliphatic rings. The third-order valence-electron chi connectivity index (χ3n) is 5.30. The smallest absolute Gasteiger partial charge is 0.324 e. The number of nitrogens with two attached hydrogens (primary N) is 1. The molecule has 5 rings (SSSR count). The molecular weight excluding hydrogens is 446 g/mol. The summed E-state index contributed by atoms with van der Waals surface area (Å²) in [6.07, 6.45) is 0.122. The van der Waals surface area contributed by atoms with Crippen molar-refractivity contribution in [1.82, 2.24) is 9.78 Å². The van der Waals surface area contributed by atoms with E-state index >= 15 is 0 Å². The molecule has 0 saturated heterocycles. The van der Waals surface area contributed by atoms with Gasteiger partial charge in [-0.3, -0.25) is 10.1 Å². The molecule has 8 heteroatoms. The van der Waals surface area contributed by atoms with Crippen molar-refractivity contribution in [3.8, 4) is 16.3 Å². The highest BCUT2D eigenvalue weighted by atomic mass is 32.1. The maximum absolute atomic E-state index is 13.0. The monoisotopic (exact) mass is 467 g/mol. The fourth-order valence-electron chi connectivity index (χ4n) is 3.82. The van der Waals surface area contributed by atoms with Crippen LogP contribution in [0.2, 0.25) is 0 Å². The molecule has 5 aromatic rings. The van der Waals surface area contributed by atoms with Gasteiger partial charge in [0.1, 0.15) is 11.5 Å². The molecule has 34 heavy (non-hydrogen) atoms. The first kappa shape index (κ1) is 21.4. The maximum atomic E-state index is 13.0. The highest BCUT2D eigenvalue weighted by Crippen LogP contribution is 2.29. The molecule has 0 spiro atoms. The number of aromatic nitrogens is 2. The summed E-state index contributed by atoms with van der Waals surface area (Å²) in [5.74, 6) is 0.0852. The molecule has 2 aromatic heterocycles. The van der Waals surface area contributed by atoms with Crippen molar-refractivity contribution < 1.29 is 9.59 Å². The number of nitrogens with zero attached hydrogens (tertiary/aromatic N) is 2. The van der Waals surface area contributed by atoms with Gasteiger partial charge >= 0.3 is 6.03 Å². The molecule has 2 heterocycles. The number of primary amides is 1. The molecule has 0 aliphatic heterocycles. The molecule has 0 radical (unpaired) electrons. The lowest BCUT2D eigenvalue weighted by Gasteiger charge is -2.12. The van der Waals surface area contributed by atoms with Gasteiger partial charge in [0, 0.05) is 11.5 Å². The molecule has 3 amide bonds. The minimum Gasteiger partial charge on any atom is -0.369 e. The number of carbonyl (C=O) groups excluding carboxylic acids is 2. The summed E-state index contributed by atoms with van der Waals surface area (Å²) in [5, 5.41) is 14.6. The van der Waals surface area contributed by atoms with Gasteiger partial charge in [-0.05, 0) is 40.6 Å². The fourth-order valence-corrected chi connectivity index (χ4v) is 4.50. The third-order valence-corrected chi connectivity index (χ3v) is 6.19. The minimum atomic E-state index is -0.412. The number of benzene rings is 3. The van der Waals surface area contributed by atoms with Crippen molar-refractivity contribution in [3.05, 3.63) is 95.9 Å². The summed E-state index contributed by atoms with van der Waals surface area (Å²) in [6.45, 7) is 0. The Morgan fingerprint density at radius 1 is 0.912 bits per heavy atom. The van der Waals surface area contributed by atoms with E-state index in [0.717, 1.165) is 26.9 Å². The van der Waals surface area contributed by atoms with Gasteiger partial charge in [0.2, 0.25) is 5.91 Å². The van der Waals surface area contributed by atoms with E-state index in [4.69, 9.17) is 10.8 Å². The lowest BCUT2D eigenvalue weighted by molar-refractivity contribution is -0.117. The first-order chi connectivity index (χ1) is 16.6. The number of hydrogen-bond donors (Lipinski definition) is 3. The number of anilines is 2. The highest BCUT2D eigenvalue weighted by Gasteiger charge is 2.15. The van der Waals surface area contributed by atoms with Crippen LogP contribution in [0.5, 0.6) is 0 Å². The highest BCUT2D eigenvalue weighted by molar-refractivity contribution is 7.13. The maximum Gasteiger partial charge on any atom is 0.324 e. The Morgan fingerprint density at radius 2 is 1.74 bits per heavy atom. The zero-order valence-corrected chi connectivity index (χ0v) is 18.9. The zero-order valence-electron chi connectivity index (χ0n) is 18.1. The van der Waals surface area contributed by atoms with Crippen LogP contribution in [-0.4, -0.2) is 21.7 Å². The van der Waals surface area contributed by atoms with Crippen LogP contribution >= 0.6 is 11.3 Å². The normalized spacial score (nSPS) is 10.8. The second-order valence-electron chi connectivity index (χ2n) is 7.72. The molecule has 3 aromatic carbocycles. The summed E-state index contributed by atoms with van der Waals surface area (Å²) in [5.41, 5.74) is 8.29. The molecule has 168 valence electrons. The summed E-state index contributed by atoms with van der Waals surface area (Å²) in [7, 11) is 0. The topological polar surface area (TPSA) is 102 Å². The van der Waals surface area contributed by atoms with Crippen molar-refractivity contribution in [1.29, 1.82) is 0 Å². The van der Waals surface area contributed by atoms with Crippen LogP contribution in [0.25, 0.3) is 27.0 Å². The number of hydrogen-bond acceptors (Lipinski definition) is 4. The largest absolute Gasteiger partial charge is 0.369 e. The van der Waals surface area contributed by atoms with Crippen molar-refractivity contribution in [2.75, 3.05) is 10.6 Å². The molecule has 0 atom stereocenters. The van der Waals surface area contributed by atoms with Crippen LogP contribution < -0.4 is 16.4 Å². The van der Waals surface area contributed by atoms with Crippen LogP contribution in [0.1, 0.15) is 5.56 Å². The van der Waals surface area contributed by atoms with Crippen molar-refractivity contribution in [2.45, 2.75) is 6.42 Å². The van der Waals surface area contributed by atoms with Gasteiger partial charge in [0.15, 0.2) is 0 Å². The minimum absolute atomic E-state index is 0.122. The van der Waals surface area contributed by atoms with E-state index in [0.29, 0.717) is 17.2 Å². The molecular formula is C26H21N5O2S. The molecule has 0 bridgehead atoms. The number of urea groups is 1. The average Bonchev–Trinajstić information content (AvgIpc) is 3.49. The van der Waals surface area contributed by atoms with E-state index in [-0.39, 0.29) is 12.5 Å². The van der Waals surface area contributed by atoms with Crippen molar-refractivity contribution >= 4 is 45.6 Å². The lowest BCUT2D eigenvalue weighted by atomic mass is 10.1. The predicted molar refractivity (Wildman–Crippen MR) is 136 cm³/mol. The number of thiophene rings is 1. The van der Waals surface area contributed by atoms with Gasteiger partial charge in [0.25, 0.3) is 0 Å². The van der Waals surface area contributed by atoms with Gasteiger partial charge in [-0.1, -0.05) is 54.6 Å². The standard InChI is InChI=1S/C26H21N5O2S/c27-24(32)15-17-6-3-9-19(14-17)31-25(16-22(30-31)23-12-5-13-34-23)29-26(33)28-21-11-4-8-18-7-1-2-10-20(18)21/h1-14,16H,15H2,(H2,27,32)(H2,28,29,33). The van der Waals surface area contributed by atoms with Crippen LogP contribution in [0.4, 0.5) is 16.3 Å². The van der Waals surface area contributed by atoms with Crippen molar-refractivity contribution in [3.63, 3.8) is 0 Å². The number of amides is 3. The number of rotatable bonds is 6. The Kier molecular flexibility index (Phi) is 5.80. The average molecular weight is 468 g/mol. The van der Waals surface area contributed by atoms with Gasteiger partial charge in [-0.2, -0.15) is 5.10 Å². The lowest BCUT2D eigenvalue weighted by Crippen LogP contribution is -2.21. The van der Waals surface area contributed by atoms with Gasteiger partial charge < -0.3 is 11.1 Å². The Labute approximate surface area is 199 Å². The van der Waals surface area contributed by atoms with E-state index in [2.05, 4.69) is 10.6 Å². The second-order valence-corrected chi connectivity index (χ2v) is 8.67. The van der Waals surface area contributed by atoms with Crippen LogP contribution in [-0.2, 0) is 11.2 Å². The van der Waals surface area contributed by atoms with Gasteiger partial charge in [-0.15, -0.1) is 11.3 Å². The molecule has 0 aliphatic carbocycles. The molecule has 7 nitrogen and oxygen atoms in total. The first-order valence-corrected chi connectivity index (χ1v) is 11.5. The van der Waals surface area contributed by atoms with Crippen molar-refractivity contribution in [2.24, 2.45) is 5.73 Å². The number of carbonyl (C=O) groups is 2. The van der Waals surface area contributed by atoms with E-state index in [1.807, 2.05) is 90.3 Å². The Balaban J connectivity index is 1.48. The van der Waals surface area contributed by atoms with E-state index < -0.39 is 5.91 Å². The number of fused-ring (bicyclic) bond motifs is 1. The Hall–Kier alpha value is -4.43. The third kappa shape index (κ3) is 4.53. The molecule has 0 fully saturated rings. The second kappa shape index (κ2) is 9.21. The SMILES string of the molecule is NC(=O)Cc1cccc(-n2nc(-c3cccs3)cc2NC(=O)Nc2cccc3ccccc23)c1. The van der Waals surface area contributed by atoms with Crippen LogP contribution in [0.3, 0.4) is 0 Å². The molecule has 4 N–H and O–H groups in total. The fraction of sp³-hybridized carbons (Fsp3) is 0.0385. The summed E-state index contributed by atoms with van der Waals surface area (Å²) in [6, 6.07) is 26.4. The first-order valence-electron chi connectivity index (χ1n) is 10.6. The quantitative estimate of drug-likeness (QED) is 0.310. The molecule has 0 unspecified atom stereocenters. The van der Waals surface area contributed by atoms with Crippen LogP contribution in [0.15, 0.2) is 90.3 Å². The Morgan fingerprint density at radius 3 is 2.56 bits per heavy atom. The van der Waals surface area contributed by atoms with Gasteiger partial charge in [-0.25, -0.2) is 9.48 Å². The summed E-state index contributed by atoms with van der Waals surface area (Å²) >= 11 is 1.56. The van der Waals surface area contributed by atoms with E-state index in [9.17, 15) is 9.59 Å². The zero-order chi connectivity index (χ0) is 23.5. The summed E-state index contributed by atoms with van der Waals surface area (Å²) < 4.78 is 1.65. The predicted octanol–water partition coefficient (Wildman–Crippen LogP) is 5.43. The van der Waals surface area contributed by atoms with Gasteiger partial charge in [0.05, 0.1) is 22.7 Å². The van der Waals surface area contributed by atoms with E-state index in [1.165, 1.54) is 0 Å². The summed E-state index contributed by atoms with van der Waals surface area (Å²) in [4.78, 5) is 25.4. The number of nitrogens with one attached hydrogen (secondary N) is 2. The molecule has 0 saturated carbocycles. The van der Waals surface area contributed by atoms with Crippen LogP contribution in [0, 0.1) is 0 Å². The van der Waals surface area contributed by atoms with E-state index in [1.54, 1.807) is 16.0 Å². The Bertz CT molecular complexity index is 1490.